The predicted octanol–water partition coefficient (Wildman–Crippen LogP) is 4.78. The molecule has 0 saturated carbocycles. The van der Waals surface area contributed by atoms with Gasteiger partial charge in [-0.2, -0.15) is 0 Å². The summed E-state index contributed by atoms with van der Waals surface area (Å²) < 4.78 is 19.3. The Balaban J connectivity index is 2.13. The molecule has 2 rings (SSSR count). The fraction of sp³-hybridized carbons (Fsp3) is 0.200. The molecule has 0 aliphatic carbocycles. The van der Waals surface area contributed by atoms with Gasteiger partial charge >= 0.3 is 0 Å². The summed E-state index contributed by atoms with van der Waals surface area (Å²) >= 11 is 3.29. The van der Waals surface area contributed by atoms with E-state index < -0.39 is 0 Å². The number of hydrogen-bond donors (Lipinski definition) is 0. The molecule has 0 atom stereocenters. The average molecular weight is 309 g/mol. The first-order valence-corrected chi connectivity index (χ1v) is 6.49. The zero-order valence-electron chi connectivity index (χ0n) is 10.3. The summed E-state index contributed by atoms with van der Waals surface area (Å²) in [7, 11) is 0. The van der Waals surface area contributed by atoms with E-state index in [0.717, 1.165) is 5.56 Å². The predicted molar refractivity (Wildman–Crippen MR) is 74.3 cm³/mol. The molecular weight excluding hydrogens is 295 g/mol. The summed E-state index contributed by atoms with van der Waals surface area (Å²) in [5.74, 6) is 0.373. The lowest BCUT2D eigenvalue weighted by Gasteiger charge is -2.11. The van der Waals surface area contributed by atoms with Crippen molar-refractivity contribution in [1.82, 2.24) is 0 Å². The van der Waals surface area contributed by atoms with Crippen molar-refractivity contribution >= 4 is 15.9 Å². The summed E-state index contributed by atoms with van der Waals surface area (Å²) in [6.07, 6.45) is 0. The SMILES string of the molecule is Cc1ccc(C)c(COc2ccc(F)cc2Br)c1. The van der Waals surface area contributed by atoms with Crippen molar-refractivity contribution in [2.45, 2.75) is 20.5 Å². The highest BCUT2D eigenvalue weighted by atomic mass is 79.9. The van der Waals surface area contributed by atoms with Gasteiger partial charge in [-0.1, -0.05) is 23.8 Å². The summed E-state index contributed by atoms with van der Waals surface area (Å²) in [5, 5.41) is 0. The molecule has 0 aromatic heterocycles. The molecule has 0 bridgehead atoms. The maximum Gasteiger partial charge on any atom is 0.134 e. The van der Waals surface area contributed by atoms with Crippen LogP contribution in [0.2, 0.25) is 0 Å². The normalized spacial score (nSPS) is 10.4. The Morgan fingerprint density at radius 2 is 1.89 bits per heavy atom. The van der Waals surface area contributed by atoms with Crippen molar-refractivity contribution in [3.05, 3.63) is 63.4 Å². The van der Waals surface area contributed by atoms with Crippen LogP contribution in [0.1, 0.15) is 16.7 Å². The number of aryl methyl sites for hydroxylation is 2. The number of rotatable bonds is 3. The lowest BCUT2D eigenvalue weighted by Crippen LogP contribution is -1.99. The molecule has 94 valence electrons. The van der Waals surface area contributed by atoms with Crippen LogP contribution in [-0.4, -0.2) is 0 Å². The molecular formula is C15H14BrFO. The second-order valence-electron chi connectivity index (χ2n) is 4.29. The second kappa shape index (κ2) is 5.53. The zero-order valence-corrected chi connectivity index (χ0v) is 11.9. The molecule has 0 heterocycles. The summed E-state index contributed by atoms with van der Waals surface area (Å²) in [5.41, 5.74) is 3.54. The first kappa shape index (κ1) is 13.1. The first-order chi connectivity index (χ1) is 8.56. The van der Waals surface area contributed by atoms with Crippen molar-refractivity contribution in [3.8, 4) is 5.75 Å². The van der Waals surface area contributed by atoms with Crippen LogP contribution >= 0.6 is 15.9 Å². The second-order valence-corrected chi connectivity index (χ2v) is 5.15. The molecule has 0 amide bonds. The van der Waals surface area contributed by atoms with Crippen LogP contribution in [0.15, 0.2) is 40.9 Å². The topological polar surface area (TPSA) is 9.23 Å². The lowest BCUT2D eigenvalue weighted by atomic mass is 10.1. The minimum absolute atomic E-state index is 0.277. The average Bonchev–Trinajstić information content (AvgIpc) is 2.32. The summed E-state index contributed by atoms with van der Waals surface area (Å²) in [6, 6.07) is 10.7. The van der Waals surface area contributed by atoms with Gasteiger partial charge < -0.3 is 4.74 Å². The van der Waals surface area contributed by atoms with E-state index in [4.69, 9.17) is 4.74 Å². The molecule has 0 radical (unpaired) electrons. The molecule has 0 N–H and O–H groups in total. The first-order valence-electron chi connectivity index (χ1n) is 5.70. The largest absolute Gasteiger partial charge is 0.488 e. The summed E-state index contributed by atoms with van der Waals surface area (Å²) in [4.78, 5) is 0. The number of benzene rings is 2. The van der Waals surface area contributed by atoms with Crippen molar-refractivity contribution in [2.24, 2.45) is 0 Å². The smallest absolute Gasteiger partial charge is 0.134 e. The molecule has 18 heavy (non-hydrogen) atoms. The van der Waals surface area contributed by atoms with E-state index in [1.807, 2.05) is 0 Å². The Morgan fingerprint density at radius 3 is 2.61 bits per heavy atom. The molecule has 3 heteroatoms. The Kier molecular flexibility index (Phi) is 4.02. The van der Waals surface area contributed by atoms with E-state index in [2.05, 4.69) is 48.0 Å². The van der Waals surface area contributed by atoms with Crippen LogP contribution in [0.5, 0.6) is 5.75 Å². The van der Waals surface area contributed by atoms with Gasteiger partial charge in [0.15, 0.2) is 0 Å². The molecule has 0 fully saturated rings. The van der Waals surface area contributed by atoms with Crippen LogP contribution in [-0.2, 0) is 6.61 Å². The van der Waals surface area contributed by atoms with E-state index in [1.54, 1.807) is 6.07 Å². The monoisotopic (exact) mass is 308 g/mol. The Hall–Kier alpha value is -1.35. The van der Waals surface area contributed by atoms with Crippen LogP contribution in [0.25, 0.3) is 0 Å². The van der Waals surface area contributed by atoms with Crippen molar-refractivity contribution in [1.29, 1.82) is 0 Å². The quantitative estimate of drug-likeness (QED) is 0.792. The van der Waals surface area contributed by atoms with E-state index in [1.165, 1.54) is 23.3 Å². The van der Waals surface area contributed by atoms with Crippen LogP contribution < -0.4 is 4.74 Å². The molecule has 0 aliphatic rings. The van der Waals surface area contributed by atoms with Crippen molar-refractivity contribution < 1.29 is 9.13 Å². The van der Waals surface area contributed by atoms with Gasteiger partial charge in [-0.15, -0.1) is 0 Å². The third kappa shape index (κ3) is 3.10. The van der Waals surface area contributed by atoms with E-state index in [-0.39, 0.29) is 5.82 Å². The van der Waals surface area contributed by atoms with Crippen molar-refractivity contribution in [3.63, 3.8) is 0 Å². The van der Waals surface area contributed by atoms with Gasteiger partial charge in [0.1, 0.15) is 18.2 Å². The minimum atomic E-state index is -0.277. The van der Waals surface area contributed by atoms with Crippen LogP contribution in [0.4, 0.5) is 4.39 Å². The molecule has 0 unspecified atom stereocenters. The van der Waals surface area contributed by atoms with Crippen LogP contribution in [0, 0.1) is 19.7 Å². The van der Waals surface area contributed by atoms with Gasteiger partial charge in [0.25, 0.3) is 0 Å². The Bertz CT molecular complexity index is 566. The molecule has 2 aromatic carbocycles. The number of hydrogen-bond acceptors (Lipinski definition) is 1. The summed E-state index contributed by atoms with van der Waals surface area (Å²) in [6.45, 7) is 4.59. The molecule has 2 aromatic rings. The highest BCUT2D eigenvalue weighted by Gasteiger charge is 2.04. The van der Waals surface area contributed by atoms with E-state index in [9.17, 15) is 4.39 Å². The van der Waals surface area contributed by atoms with Gasteiger partial charge in [0.2, 0.25) is 0 Å². The third-order valence-electron chi connectivity index (χ3n) is 2.78. The lowest BCUT2D eigenvalue weighted by molar-refractivity contribution is 0.303. The third-order valence-corrected chi connectivity index (χ3v) is 3.40. The highest BCUT2D eigenvalue weighted by molar-refractivity contribution is 9.10. The van der Waals surface area contributed by atoms with E-state index >= 15 is 0 Å². The molecule has 0 spiro atoms. The van der Waals surface area contributed by atoms with Gasteiger partial charge in [0.05, 0.1) is 4.47 Å². The van der Waals surface area contributed by atoms with Crippen molar-refractivity contribution in [2.75, 3.05) is 0 Å². The molecule has 0 aliphatic heterocycles. The fourth-order valence-electron chi connectivity index (χ4n) is 1.70. The van der Waals surface area contributed by atoms with Gasteiger partial charge in [-0.05, 0) is 59.1 Å². The maximum absolute atomic E-state index is 12.9. The molecule has 1 nitrogen and oxygen atoms in total. The highest BCUT2D eigenvalue weighted by Crippen LogP contribution is 2.26. The van der Waals surface area contributed by atoms with Gasteiger partial charge in [-0.25, -0.2) is 4.39 Å². The standard InChI is InChI=1S/C15H14BrFO/c1-10-3-4-11(2)12(7-10)9-18-15-6-5-13(17)8-14(15)16/h3-8H,9H2,1-2H3. The molecule has 0 saturated heterocycles. The Morgan fingerprint density at radius 1 is 1.11 bits per heavy atom. The maximum atomic E-state index is 12.9. The minimum Gasteiger partial charge on any atom is -0.488 e. The fourth-order valence-corrected chi connectivity index (χ4v) is 2.17. The van der Waals surface area contributed by atoms with Gasteiger partial charge in [0, 0.05) is 0 Å². The number of halogens is 2. The van der Waals surface area contributed by atoms with E-state index in [0.29, 0.717) is 16.8 Å². The van der Waals surface area contributed by atoms with Crippen LogP contribution in [0.3, 0.4) is 0 Å². The number of ether oxygens (including phenoxy) is 1. The Labute approximate surface area is 115 Å². The van der Waals surface area contributed by atoms with Gasteiger partial charge in [-0.3, -0.25) is 0 Å². The zero-order chi connectivity index (χ0) is 13.1.